The second-order valence-electron chi connectivity index (χ2n) is 8.99. The predicted molar refractivity (Wildman–Crippen MR) is 123 cm³/mol. The lowest BCUT2D eigenvalue weighted by molar-refractivity contribution is -0.145. The summed E-state index contributed by atoms with van der Waals surface area (Å²) in [5.74, 6) is -2.65. The molecule has 0 bridgehead atoms. The first-order valence-electron chi connectivity index (χ1n) is 11.3. The third kappa shape index (κ3) is 4.15. The molecule has 1 fully saturated rings. The summed E-state index contributed by atoms with van der Waals surface area (Å²) >= 11 is 0. The van der Waals surface area contributed by atoms with Gasteiger partial charge in [-0.05, 0) is 39.5 Å². The molecule has 0 aromatic carbocycles. The highest BCUT2D eigenvalue weighted by molar-refractivity contribution is 6.13. The standard InChI is InChI=1S/C22H29N7O5/c1-3-29-19-17(11(2)27-29)18(26-13-6-4-12(5-7-13)20(31)32)14(10-25-19)15-8-22(21(24)33,34-28-15)9-16(23)30/h10,12-13H,3-9H2,1-2H3,(H2,23,30)(H2,24,33)(H,25,26)(H,31,32). The summed E-state index contributed by atoms with van der Waals surface area (Å²) in [7, 11) is 0. The number of oxime groups is 1. The zero-order chi connectivity index (χ0) is 24.6. The number of primary amides is 2. The molecule has 1 saturated carbocycles. The van der Waals surface area contributed by atoms with Crippen LogP contribution in [0.1, 0.15) is 56.7 Å². The molecular weight excluding hydrogens is 442 g/mol. The van der Waals surface area contributed by atoms with Gasteiger partial charge in [0.2, 0.25) is 11.5 Å². The van der Waals surface area contributed by atoms with Gasteiger partial charge in [-0.25, -0.2) is 9.67 Å². The quantitative estimate of drug-likeness (QED) is 0.439. The number of nitrogens with two attached hydrogens (primary N) is 2. The number of carbonyl (C=O) groups excluding carboxylic acids is 2. The molecule has 1 unspecified atom stereocenters. The Hall–Kier alpha value is -3.70. The lowest BCUT2D eigenvalue weighted by Gasteiger charge is -2.28. The Morgan fingerprint density at radius 2 is 1.97 bits per heavy atom. The predicted octanol–water partition coefficient (Wildman–Crippen LogP) is 1.04. The Balaban J connectivity index is 1.73. The summed E-state index contributed by atoms with van der Waals surface area (Å²) in [4.78, 5) is 45.1. The number of carboxylic acids is 1. The molecule has 2 aromatic rings. The lowest BCUT2D eigenvalue weighted by atomic mass is 9.85. The van der Waals surface area contributed by atoms with Crippen molar-refractivity contribution in [2.45, 2.75) is 70.6 Å². The number of hydrogen-bond donors (Lipinski definition) is 4. The van der Waals surface area contributed by atoms with Crippen LogP contribution in [0.15, 0.2) is 11.4 Å². The molecule has 0 saturated heterocycles. The van der Waals surface area contributed by atoms with Crippen molar-refractivity contribution >= 4 is 40.2 Å². The van der Waals surface area contributed by atoms with Gasteiger partial charge in [0.15, 0.2) is 5.65 Å². The van der Waals surface area contributed by atoms with E-state index in [1.807, 2.05) is 13.8 Å². The van der Waals surface area contributed by atoms with Gasteiger partial charge < -0.3 is 26.7 Å². The molecule has 182 valence electrons. The number of carbonyl (C=O) groups is 3. The minimum Gasteiger partial charge on any atom is -0.481 e. The van der Waals surface area contributed by atoms with Gasteiger partial charge in [-0.3, -0.25) is 14.4 Å². The molecule has 1 aliphatic heterocycles. The Labute approximate surface area is 195 Å². The van der Waals surface area contributed by atoms with Crippen LogP contribution in [0.3, 0.4) is 0 Å². The normalized spacial score (nSPS) is 24.5. The van der Waals surface area contributed by atoms with Crippen LogP contribution in [-0.4, -0.2) is 55.0 Å². The number of nitrogens with zero attached hydrogens (tertiary/aromatic N) is 4. The molecule has 4 rings (SSSR count). The molecule has 2 aliphatic rings. The van der Waals surface area contributed by atoms with E-state index >= 15 is 0 Å². The van der Waals surface area contributed by atoms with Crippen LogP contribution in [0, 0.1) is 12.8 Å². The number of carboxylic acid groups (broad SMARTS) is 1. The zero-order valence-electron chi connectivity index (χ0n) is 19.2. The number of pyridine rings is 1. The first-order valence-corrected chi connectivity index (χ1v) is 11.3. The van der Waals surface area contributed by atoms with Crippen LogP contribution >= 0.6 is 0 Å². The monoisotopic (exact) mass is 471 g/mol. The number of amides is 2. The first-order chi connectivity index (χ1) is 16.1. The number of nitrogens with one attached hydrogen (secondary N) is 1. The Bertz CT molecular complexity index is 1180. The number of fused-ring (bicyclic) bond motifs is 1. The topological polar surface area (TPSA) is 188 Å². The van der Waals surface area contributed by atoms with Crippen LogP contribution < -0.4 is 16.8 Å². The van der Waals surface area contributed by atoms with Crippen molar-refractivity contribution in [3.63, 3.8) is 0 Å². The van der Waals surface area contributed by atoms with E-state index in [2.05, 4.69) is 20.6 Å². The van der Waals surface area contributed by atoms with Gasteiger partial charge in [0, 0.05) is 30.8 Å². The number of rotatable bonds is 8. The molecular formula is C22H29N7O5. The molecule has 12 nitrogen and oxygen atoms in total. The van der Waals surface area contributed by atoms with E-state index in [4.69, 9.17) is 16.3 Å². The summed E-state index contributed by atoms with van der Waals surface area (Å²) in [6.45, 7) is 4.50. The van der Waals surface area contributed by atoms with Crippen molar-refractivity contribution in [2.75, 3.05) is 5.32 Å². The minimum atomic E-state index is -1.64. The SMILES string of the molecule is CCn1nc(C)c2c(NC3CCC(C(=O)O)CC3)c(C3=NOC(CC(N)=O)(C(N)=O)C3)cnc21. The van der Waals surface area contributed by atoms with E-state index in [0.717, 1.165) is 16.8 Å². The maximum Gasteiger partial charge on any atom is 0.306 e. The molecule has 34 heavy (non-hydrogen) atoms. The molecule has 6 N–H and O–H groups in total. The highest BCUT2D eigenvalue weighted by atomic mass is 16.7. The summed E-state index contributed by atoms with van der Waals surface area (Å²) in [6.07, 6.45) is 3.77. The maximum atomic E-state index is 12.2. The number of hydrogen-bond acceptors (Lipinski definition) is 8. The van der Waals surface area contributed by atoms with Crippen molar-refractivity contribution < 1.29 is 24.3 Å². The molecule has 2 aromatic heterocycles. The second kappa shape index (κ2) is 8.92. The van der Waals surface area contributed by atoms with E-state index < -0.39 is 23.4 Å². The fourth-order valence-corrected chi connectivity index (χ4v) is 4.81. The highest BCUT2D eigenvalue weighted by Crippen LogP contribution is 2.37. The molecule has 2 amide bonds. The smallest absolute Gasteiger partial charge is 0.306 e. The molecule has 1 atom stereocenters. The largest absolute Gasteiger partial charge is 0.481 e. The molecule has 3 heterocycles. The van der Waals surface area contributed by atoms with E-state index in [1.54, 1.807) is 10.9 Å². The number of anilines is 1. The van der Waals surface area contributed by atoms with Gasteiger partial charge in [0.05, 0.1) is 34.8 Å². The summed E-state index contributed by atoms with van der Waals surface area (Å²) in [5.41, 5.74) is 12.5. The average molecular weight is 472 g/mol. The fourth-order valence-electron chi connectivity index (χ4n) is 4.81. The van der Waals surface area contributed by atoms with Crippen LogP contribution in [-0.2, 0) is 25.8 Å². The summed E-state index contributed by atoms with van der Waals surface area (Å²) < 4.78 is 1.80. The van der Waals surface area contributed by atoms with Crippen molar-refractivity contribution in [2.24, 2.45) is 22.5 Å². The van der Waals surface area contributed by atoms with Crippen molar-refractivity contribution in [3.05, 3.63) is 17.5 Å². The average Bonchev–Trinajstić information content (AvgIpc) is 3.36. The van der Waals surface area contributed by atoms with E-state index in [0.29, 0.717) is 49.2 Å². The van der Waals surface area contributed by atoms with Crippen molar-refractivity contribution in [3.8, 4) is 0 Å². The van der Waals surface area contributed by atoms with Gasteiger partial charge in [0.1, 0.15) is 0 Å². The third-order valence-corrected chi connectivity index (χ3v) is 6.66. The summed E-state index contributed by atoms with van der Waals surface area (Å²) in [5, 5.41) is 22.4. The van der Waals surface area contributed by atoms with Gasteiger partial charge in [-0.1, -0.05) is 5.16 Å². The summed E-state index contributed by atoms with van der Waals surface area (Å²) in [6, 6.07) is 0.0405. The minimum absolute atomic E-state index is 0.0279. The van der Waals surface area contributed by atoms with Crippen LogP contribution in [0.2, 0.25) is 0 Å². The maximum absolute atomic E-state index is 12.2. The third-order valence-electron chi connectivity index (χ3n) is 6.66. The highest BCUT2D eigenvalue weighted by Gasteiger charge is 2.47. The Morgan fingerprint density at radius 3 is 2.56 bits per heavy atom. The second-order valence-corrected chi connectivity index (χ2v) is 8.99. The van der Waals surface area contributed by atoms with Gasteiger partial charge in [0.25, 0.3) is 5.91 Å². The van der Waals surface area contributed by atoms with E-state index in [1.165, 1.54) is 0 Å². The van der Waals surface area contributed by atoms with E-state index in [-0.39, 0.29) is 24.8 Å². The van der Waals surface area contributed by atoms with Crippen LogP contribution in [0.5, 0.6) is 0 Å². The Kier molecular flexibility index (Phi) is 6.15. The number of aromatic nitrogens is 3. The molecule has 0 spiro atoms. The molecule has 1 aliphatic carbocycles. The first kappa shape index (κ1) is 23.5. The fraction of sp³-hybridized carbons (Fsp3) is 0.545. The van der Waals surface area contributed by atoms with Gasteiger partial charge in [-0.15, -0.1) is 0 Å². The molecule has 12 heteroatoms. The van der Waals surface area contributed by atoms with Gasteiger partial charge in [-0.2, -0.15) is 5.10 Å². The lowest BCUT2D eigenvalue weighted by Crippen LogP contribution is -2.47. The Morgan fingerprint density at radius 1 is 1.26 bits per heavy atom. The molecule has 0 radical (unpaired) electrons. The number of aryl methyl sites for hydroxylation is 2. The van der Waals surface area contributed by atoms with E-state index in [9.17, 15) is 19.5 Å². The zero-order valence-corrected chi connectivity index (χ0v) is 19.2. The van der Waals surface area contributed by atoms with Crippen LogP contribution in [0.4, 0.5) is 5.69 Å². The van der Waals surface area contributed by atoms with Crippen LogP contribution in [0.25, 0.3) is 11.0 Å². The van der Waals surface area contributed by atoms with Gasteiger partial charge >= 0.3 is 5.97 Å². The van der Waals surface area contributed by atoms with Crippen molar-refractivity contribution in [1.29, 1.82) is 0 Å². The van der Waals surface area contributed by atoms with Crippen molar-refractivity contribution in [1.82, 2.24) is 14.8 Å². The number of aliphatic carboxylic acids is 1.